The maximum atomic E-state index is 12.9. The van der Waals surface area contributed by atoms with Crippen LogP contribution in [-0.4, -0.2) is 99.7 Å². The standard InChI is InChI=1S/C13H15F3N2.C13H18N2.2C12H15ClN2.4C12H16N2.2C11H12Cl2N2/c1-7-5-8(13(14,15)16)10-9(6-7)17-11(18-10)12(2,3)4;1-8-6-10-11(7-9(8)2)15-12(14-10)13(3,4)5;2*1-7-5-8(13)10-9(6-7)14-11(15-10)12(2,3)4;4*1-8-5-6-9-10(7-8)14-11(13-9)12(2,3)4;2*1-11(2,3)10-14-8-5-6(12)4-7(13)9(8)15-10/h5-6H,1-4H3,(H,17,18);6-7H,1-5H3,(H,14,15);2*5-6H,1-4H3,(H,14,15);4*5-7H,1-4H3,(H,13,14);2*4-5H,1-3H3,(H,14,15). The number of aryl methyl sites for hydroxylation is 9. The van der Waals surface area contributed by atoms with E-state index < -0.39 is 11.7 Å². The lowest BCUT2D eigenvalue weighted by molar-refractivity contribution is -0.136. The molecule has 0 spiro atoms. The number of rotatable bonds is 0. The van der Waals surface area contributed by atoms with E-state index in [2.05, 4.69) is 425 Å². The Bertz CT molecular complexity index is 7340. The van der Waals surface area contributed by atoms with Crippen molar-refractivity contribution in [3.63, 3.8) is 0 Å². The van der Waals surface area contributed by atoms with Crippen LogP contribution < -0.4 is 0 Å². The van der Waals surface area contributed by atoms with Crippen molar-refractivity contribution in [3.8, 4) is 0 Å². The number of alkyl halides is 3. The van der Waals surface area contributed by atoms with Crippen molar-refractivity contribution in [1.29, 1.82) is 0 Å². The third-order valence-corrected chi connectivity index (χ3v) is 25.8. The van der Waals surface area contributed by atoms with Crippen LogP contribution in [0.15, 0.2) is 146 Å². The Hall–Kier alpha value is -11.6. The van der Waals surface area contributed by atoms with Crippen LogP contribution in [0.5, 0.6) is 0 Å². The van der Waals surface area contributed by atoms with Gasteiger partial charge in [-0.2, -0.15) is 13.2 Å². The van der Waals surface area contributed by atoms with Crippen molar-refractivity contribution in [2.24, 2.45) is 0 Å². The first kappa shape index (κ1) is 118. The van der Waals surface area contributed by atoms with E-state index in [1.54, 1.807) is 25.1 Å². The van der Waals surface area contributed by atoms with Gasteiger partial charge in [0.15, 0.2) is 0 Å². The number of hydrogen-bond donors (Lipinski definition) is 10. The molecule has 20 rings (SSSR count). The normalized spacial score (nSPS) is 12.4. The molecule has 0 unspecified atom stereocenters. The van der Waals surface area contributed by atoms with E-state index >= 15 is 0 Å². The molecule has 0 bridgehead atoms. The highest BCUT2D eigenvalue weighted by Crippen LogP contribution is 2.40. The maximum Gasteiger partial charge on any atom is 0.418 e. The van der Waals surface area contributed by atoms with Crippen molar-refractivity contribution < 1.29 is 13.2 Å². The van der Waals surface area contributed by atoms with Gasteiger partial charge in [0.1, 0.15) is 85.8 Å². The van der Waals surface area contributed by atoms with Crippen LogP contribution in [0.1, 0.15) is 322 Å². The first-order chi connectivity index (χ1) is 68.3. The molecule has 10 heterocycles. The molecule has 20 nitrogen and oxygen atoms in total. The monoisotopic (exact) mass is 2140 g/mol. The van der Waals surface area contributed by atoms with Crippen LogP contribution in [0, 0.1) is 62.3 Å². The van der Waals surface area contributed by atoms with E-state index in [4.69, 9.17) is 69.6 Å². The summed E-state index contributed by atoms with van der Waals surface area (Å²) in [4.78, 5) is 78.0. The van der Waals surface area contributed by atoms with Gasteiger partial charge in [0.05, 0.1) is 108 Å². The minimum absolute atomic E-state index is 0.00183. The Morgan fingerprint density at radius 3 is 0.604 bits per heavy atom. The Balaban J connectivity index is 0.000000157. The van der Waals surface area contributed by atoms with Gasteiger partial charge in [-0.1, -0.05) is 302 Å². The summed E-state index contributed by atoms with van der Waals surface area (Å²) in [6.45, 7) is 81.9. The number of H-pyrrole nitrogens is 10. The number of aromatic nitrogens is 20. The molecule has 0 saturated carbocycles. The summed E-state index contributed by atoms with van der Waals surface area (Å²) in [7, 11) is 0. The Kier molecular flexibility index (Phi) is 35.4. The van der Waals surface area contributed by atoms with Gasteiger partial charge < -0.3 is 49.8 Å². The number of imidazole rings is 10. The smallest absolute Gasteiger partial charge is 0.342 e. The van der Waals surface area contributed by atoms with Crippen LogP contribution in [-0.2, 0) is 60.3 Å². The second-order valence-corrected chi connectivity index (χ2v) is 52.0. The summed E-state index contributed by atoms with van der Waals surface area (Å²) in [6, 6.07) is 47.4. The molecule has 0 aliphatic rings. The SMILES string of the molecule is CC(C)(C)c1nc2c(Cl)cc(Cl)cc2[nH]1.CC(C)(C)c1nc2c(Cl)cc(Cl)cc2[nH]1.Cc1cc(C(F)(F)F)c2nc(C(C)(C)C)[nH]c2c1.Cc1cc(Cl)c2nc(C(C)(C)C)[nH]c2c1.Cc1cc(Cl)c2nc(C(C)(C)C)[nH]c2c1.Cc1cc2nc(C(C)(C)C)[nH]c2cc1C.Cc1ccc2nc(C(C)(C)C)[nH]c2c1.Cc1ccc2nc(C(C)(C)C)[nH]c2c1.Cc1ccc2nc(C(C)(C)C)[nH]c2c1.Cc1ccc2nc(C(C)(C)C)[nH]c2c1. The predicted octanol–water partition coefficient (Wildman–Crippen LogP) is 36.3. The van der Waals surface area contributed by atoms with Gasteiger partial charge >= 0.3 is 6.18 Å². The number of aromatic amines is 10. The maximum absolute atomic E-state index is 12.9. The number of nitrogens with zero attached hydrogens (tertiary/aromatic N) is 10. The van der Waals surface area contributed by atoms with Crippen molar-refractivity contribution in [1.82, 2.24) is 99.7 Å². The quantitative estimate of drug-likeness (QED) is 0.0685. The Morgan fingerprint density at radius 1 is 0.181 bits per heavy atom. The first-order valence-electron chi connectivity index (χ1n) is 50.3. The molecule has 0 amide bonds. The molecular weight excluding hydrogens is 1990 g/mol. The van der Waals surface area contributed by atoms with Gasteiger partial charge in [0, 0.05) is 64.2 Å². The minimum atomic E-state index is -4.38. The van der Waals surface area contributed by atoms with Gasteiger partial charge in [-0.3, -0.25) is 0 Å². The van der Waals surface area contributed by atoms with Gasteiger partial charge in [-0.15, -0.1) is 0 Å². The molecule has 29 heteroatoms. The zero-order chi connectivity index (χ0) is 111. The van der Waals surface area contributed by atoms with Gasteiger partial charge in [0.2, 0.25) is 0 Å². The minimum Gasteiger partial charge on any atom is -0.342 e. The molecule has 0 aliphatic carbocycles. The number of halogens is 9. The van der Waals surface area contributed by atoms with E-state index in [1.165, 1.54) is 33.4 Å². The predicted molar refractivity (Wildman–Crippen MR) is 626 cm³/mol. The largest absolute Gasteiger partial charge is 0.418 e. The second kappa shape index (κ2) is 44.8. The van der Waals surface area contributed by atoms with Crippen molar-refractivity contribution in [2.75, 3.05) is 0 Å². The Morgan fingerprint density at radius 2 is 0.362 bits per heavy atom. The number of fused-ring (bicyclic) bond motifs is 10. The van der Waals surface area contributed by atoms with Gasteiger partial charge in [-0.25, -0.2) is 49.8 Å². The third kappa shape index (κ3) is 30.9. The third-order valence-electron chi connectivity index (χ3n) is 24.2. The fourth-order valence-electron chi connectivity index (χ4n) is 15.3. The number of benzene rings is 10. The average Bonchev–Trinajstić information content (AvgIpc) is 1.63. The topological polar surface area (TPSA) is 287 Å². The molecule has 0 aliphatic heterocycles. The highest BCUT2D eigenvalue weighted by Gasteiger charge is 2.36. The van der Waals surface area contributed by atoms with E-state index in [1.807, 2.05) is 58.9 Å². The molecule has 10 N–H and O–H groups in total. The van der Waals surface area contributed by atoms with Crippen LogP contribution in [0.2, 0.25) is 30.1 Å². The molecule has 0 fully saturated rings. The summed E-state index contributed by atoms with van der Waals surface area (Å²) < 4.78 is 38.8. The summed E-state index contributed by atoms with van der Waals surface area (Å²) in [6.07, 6.45) is -4.38. The molecule has 0 atom stereocenters. The van der Waals surface area contributed by atoms with Crippen LogP contribution in [0.3, 0.4) is 0 Å². The van der Waals surface area contributed by atoms with Crippen molar-refractivity contribution in [2.45, 2.75) is 330 Å². The zero-order valence-corrected chi connectivity index (χ0v) is 98.8. The average molecular weight is 2140 g/mol. The molecule has 10 aromatic carbocycles. The summed E-state index contributed by atoms with van der Waals surface area (Å²) in [5, 5.41) is 3.86. The highest BCUT2D eigenvalue weighted by atomic mass is 35.5. The van der Waals surface area contributed by atoms with E-state index in [-0.39, 0.29) is 59.7 Å². The summed E-state index contributed by atoms with van der Waals surface area (Å²) in [5.74, 6) is 9.63. The zero-order valence-electron chi connectivity index (χ0n) is 94.2. The fraction of sp³-hybridized carbons (Fsp3) is 0.417. The van der Waals surface area contributed by atoms with Crippen molar-refractivity contribution in [3.05, 3.63) is 290 Å². The molecule has 0 saturated heterocycles. The lowest BCUT2D eigenvalue weighted by Crippen LogP contribution is -2.13. The highest BCUT2D eigenvalue weighted by molar-refractivity contribution is 6.39. The molecular formula is C120H151Cl6F3N20. The summed E-state index contributed by atoms with van der Waals surface area (Å²) >= 11 is 36.2. The molecule has 794 valence electrons. The van der Waals surface area contributed by atoms with E-state index in [9.17, 15) is 13.2 Å². The molecule has 0 radical (unpaired) electrons. The van der Waals surface area contributed by atoms with E-state index in [0.29, 0.717) is 37.0 Å². The number of hydrogen-bond acceptors (Lipinski definition) is 10. The first-order valence-corrected chi connectivity index (χ1v) is 52.6. The van der Waals surface area contributed by atoms with Crippen LogP contribution >= 0.6 is 69.6 Å². The lowest BCUT2D eigenvalue weighted by Gasteiger charge is -2.13. The van der Waals surface area contributed by atoms with Gasteiger partial charge in [0.25, 0.3) is 0 Å². The lowest BCUT2D eigenvalue weighted by atomic mass is 9.96. The van der Waals surface area contributed by atoms with Crippen molar-refractivity contribution >= 4 is 180 Å². The second-order valence-electron chi connectivity index (χ2n) is 49.4. The van der Waals surface area contributed by atoms with E-state index in [0.717, 1.165) is 179 Å². The Labute approximate surface area is 906 Å². The van der Waals surface area contributed by atoms with Crippen LogP contribution in [0.25, 0.3) is 110 Å². The fourth-order valence-corrected chi connectivity index (χ4v) is 17.0. The van der Waals surface area contributed by atoms with Gasteiger partial charge in [-0.05, 0) is 234 Å². The van der Waals surface area contributed by atoms with Crippen LogP contribution in [0.4, 0.5) is 13.2 Å². The molecule has 10 aromatic heterocycles. The summed E-state index contributed by atoms with van der Waals surface area (Å²) in [5.41, 5.74) is 28.5. The molecule has 149 heavy (non-hydrogen) atoms. The number of nitrogens with one attached hydrogen (secondary N) is 10. The molecule has 20 aromatic rings.